The number of hydrogen-bond acceptors (Lipinski definition) is 4. The van der Waals surface area contributed by atoms with Crippen LogP contribution in [-0.4, -0.2) is 55.1 Å². The average molecular weight is 318 g/mol. The first-order valence-electron chi connectivity index (χ1n) is 6.88. The summed E-state index contributed by atoms with van der Waals surface area (Å²) < 4.78 is 40.6. The largest absolute Gasteiger partial charge is 0.573 e. The molecule has 22 heavy (non-hydrogen) atoms. The molecule has 0 spiro atoms. The lowest BCUT2D eigenvalue weighted by Crippen LogP contribution is -2.46. The fourth-order valence-corrected chi connectivity index (χ4v) is 2.36. The number of piperazine rings is 1. The van der Waals surface area contributed by atoms with Gasteiger partial charge >= 0.3 is 12.3 Å². The Bertz CT molecular complexity index is 514. The third-order valence-electron chi connectivity index (χ3n) is 3.43. The predicted molar refractivity (Wildman–Crippen MR) is 74.0 cm³/mol. The van der Waals surface area contributed by atoms with Crippen LogP contribution in [0.2, 0.25) is 0 Å². The van der Waals surface area contributed by atoms with Gasteiger partial charge in [0.25, 0.3) is 0 Å². The van der Waals surface area contributed by atoms with Gasteiger partial charge in [-0.25, -0.2) is 0 Å². The van der Waals surface area contributed by atoms with Gasteiger partial charge in [0.15, 0.2) is 0 Å². The number of benzene rings is 1. The first-order valence-corrected chi connectivity index (χ1v) is 6.88. The third kappa shape index (κ3) is 5.10. The molecule has 1 aromatic rings. The van der Waals surface area contributed by atoms with Gasteiger partial charge in [-0.3, -0.25) is 9.69 Å². The molecule has 1 saturated heterocycles. The summed E-state index contributed by atoms with van der Waals surface area (Å²) >= 11 is 0. The van der Waals surface area contributed by atoms with E-state index in [-0.39, 0.29) is 12.2 Å². The molecule has 1 aliphatic rings. The molecular weight excluding hydrogens is 301 g/mol. The molecule has 1 aliphatic heterocycles. The lowest BCUT2D eigenvalue weighted by molar-refractivity contribution is -0.274. The predicted octanol–water partition coefficient (Wildman–Crippen LogP) is 2.18. The van der Waals surface area contributed by atoms with Crippen molar-refractivity contribution in [3.63, 3.8) is 0 Å². The Labute approximate surface area is 125 Å². The maximum atomic E-state index is 12.2. The van der Waals surface area contributed by atoms with E-state index in [1.807, 2.05) is 9.80 Å². The number of halogens is 3. The molecule has 0 amide bonds. The standard InChI is InChI=1S/C14H17F3N2O3/c15-14(16,17)22-12-3-1-2-11(10-12)19-8-6-18(7-9-19)5-4-13(20)21/h1-3,10H,4-9H2,(H,20,21). The normalized spacial score (nSPS) is 16.6. The Balaban J connectivity index is 1.91. The van der Waals surface area contributed by atoms with Crippen LogP contribution in [0, 0.1) is 0 Å². The van der Waals surface area contributed by atoms with Crippen molar-refractivity contribution in [1.82, 2.24) is 4.90 Å². The number of carbonyl (C=O) groups is 1. The van der Waals surface area contributed by atoms with E-state index in [1.54, 1.807) is 6.07 Å². The van der Waals surface area contributed by atoms with Crippen molar-refractivity contribution in [3.05, 3.63) is 24.3 Å². The Morgan fingerprint density at radius 1 is 1.23 bits per heavy atom. The van der Waals surface area contributed by atoms with Crippen LogP contribution in [0.15, 0.2) is 24.3 Å². The Morgan fingerprint density at radius 3 is 2.50 bits per heavy atom. The maximum Gasteiger partial charge on any atom is 0.573 e. The van der Waals surface area contributed by atoms with Gasteiger partial charge in [0, 0.05) is 44.5 Å². The minimum absolute atomic E-state index is 0.0922. The van der Waals surface area contributed by atoms with Crippen molar-refractivity contribution in [2.75, 3.05) is 37.6 Å². The van der Waals surface area contributed by atoms with E-state index < -0.39 is 12.3 Å². The van der Waals surface area contributed by atoms with E-state index in [1.165, 1.54) is 18.2 Å². The number of carboxylic acid groups (broad SMARTS) is 1. The second-order valence-electron chi connectivity index (χ2n) is 5.02. The number of nitrogens with zero attached hydrogens (tertiary/aromatic N) is 2. The summed E-state index contributed by atoms with van der Waals surface area (Å²) in [4.78, 5) is 14.5. The van der Waals surface area contributed by atoms with Gasteiger partial charge in [0.2, 0.25) is 0 Å². The van der Waals surface area contributed by atoms with E-state index in [4.69, 9.17) is 5.11 Å². The second-order valence-corrected chi connectivity index (χ2v) is 5.02. The molecule has 1 fully saturated rings. The molecule has 2 rings (SSSR count). The average Bonchev–Trinajstić information content (AvgIpc) is 2.44. The number of aliphatic carboxylic acids is 1. The fourth-order valence-electron chi connectivity index (χ4n) is 2.36. The van der Waals surface area contributed by atoms with E-state index in [0.717, 1.165) is 0 Å². The highest BCUT2D eigenvalue weighted by atomic mass is 19.4. The minimum Gasteiger partial charge on any atom is -0.481 e. The fraction of sp³-hybridized carbons (Fsp3) is 0.500. The van der Waals surface area contributed by atoms with Gasteiger partial charge < -0.3 is 14.7 Å². The summed E-state index contributed by atoms with van der Waals surface area (Å²) in [6, 6.07) is 5.88. The van der Waals surface area contributed by atoms with Crippen molar-refractivity contribution in [3.8, 4) is 5.75 Å². The molecule has 1 aromatic carbocycles. The molecule has 0 aromatic heterocycles. The first-order chi connectivity index (χ1) is 10.3. The molecular formula is C14H17F3N2O3. The monoisotopic (exact) mass is 318 g/mol. The lowest BCUT2D eigenvalue weighted by Gasteiger charge is -2.36. The molecule has 8 heteroatoms. The summed E-state index contributed by atoms with van der Waals surface area (Å²) in [6.07, 6.45) is -4.61. The SMILES string of the molecule is O=C(O)CCN1CCN(c2cccc(OC(F)(F)F)c2)CC1. The van der Waals surface area contributed by atoms with Crippen molar-refractivity contribution in [1.29, 1.82) is 0 Å². The van der Waals surface area contributed by atoms with Gasteiger partial charge in [-0.2, -0.15) is 0 Å². The Hall–Kier alpha value is -1.96. The van der Waals surface area contributed by atoms with E-state index in [2.05, 4.69) is 4.74 Å². The highest BCUT2D eigenvalue weighted by molar-refractivity contribution is 5.66. The number of rotatable bonds is 5. The summed E-state index contributed by atoms with van der Waals surface area (Å²) in [6.45, 7) is 3.11. The van der Waals surface area contributed by atoms with E-state index in [9.17, 15) is 18.0 Å². The zero-order chi connectivity index (χ0) is 16.2. The number of carboxylic acids is 1. The van der Waals surface area contributed by atoms with Crippen molar-refractivity contribution >= 4 is 11.7 Å². The first kappa shape index (κ1) is 16.4. The maximum absolute atomic E-state index is 12.2. The van der Waals surface area contributed by atoms with Gasteiger partial charge in [0.1, 0.15) is 5.75 Å². The molecule has 0 unspecified atom stereocenters. The summed E-state index contributed by atoms with van der Waals surface area (Å²) in [5.74, 6) is -1.07. The van der Waals surface area contributed by atoms with Crippen LogP contribution in [0.5, 0.6) is 5.75 Å². The number of anilines is 1. The van der Waals surface area contributed by atoms with Crippen LogP contribution in [0.3, 0.4) is 0 Å². The molecule has 1 N–H and O–H groups in total. The van der Waals surface area contributed by atoms with E-state index >= 15 is 0 Å². The van der Waals surface area contributed by atoms with Crippen LogP contribution in [0.1, 0.15) is 6.42 Å². The zero-order valence-electron chi connectivity index (χ0n) is 11.8. The van der Waals surface area contributed by atoms with Crippen LogP contribution >= 0.6 is 0 Å². The van der Waals surface area contributed by atoms with Gasteiger partial charge in [0.05, 0.1) is 6.42 Å². The smallest absolute Gasteiger partial charge is 0.481 e. The Morgan fingerprint density at radius 2 is 1.91 bits per heavy atom. The summed E-state index contributed by atoms with van der Waals surface area (Å²) in [5, 5.41) is 8.65. The van der Waals surface area contributed by atoms with E-state index in [0.29, 0.717) is 38.4 Å². The van der Waals surface area contributed by atoms with Gasteiger partial charge in [-0.1, -0.05) is 6.07 Å². The molecule has 0 bridgehead atoms. The highest BCUT2D eigenvalue weighted by Gasteiger charge is 2.31. The second kappa shape index (κ2) is 6.87. The molecule has 0 aliphatic carbocycles. The number of hydrogen-bond donors (Lipinski definition) is 1. The minimum atomic E-state index is -4.70. The molecule has 122 valence electrons. The van der Waals surface area contributed by atoms with Crippen molar-refractivity contribution in [2.45, 2.75) is 12.8 Å². The molecule has 1 heterocycles. The van der Waals surface area contributed by atoms with Crippen LogP contribution in [0.4, 0.5) is 18.9 Å². The van der Waals surface area contributed by atoms with Gasteiger partial charge in [-0.05, 0) is 12.1 Å². The van der Waals surface area contributed by atoms with Gasteiger partial charge in [-0.15, -0.1) is 13.2 Å². The lowest BCUT2D eigenvalue weighted by atomic mass is 10.2. The number of alkyl halides is 3. The van der Waals surface area contributed by atoms with Crippen LogP contribution in [0.25, 0.3) is 0 Å². The molecule has 0 saturated carbocycles. The molecule has 0 atom stereocenters. The Kier molecular flexibility index (Phi) is 5.12. The van der Waals surface area contributed by atoms with Crippen LogP contribution < -0.4 is 9.64 Å². The number of ether oxygens (including phenoxy) is 1. The van der Waals surface area contributed by atoms with Crippen LogP contribution in [-0.2, 0) is 4.79 Å². The zero-order valence-corrected chi connectivity index (χ0v) is 11.8. The van der Waals surface area contributed by atoms with Crippen molar-refractivity contribution in [2.24, 2.45) is 0 Å². The molecule has 0 radical (unpaired) electrons. The van der Waals surface area contributed by atoms with Crippen molar-refractivity contribution < 1.29 is 27.8 Å². The third-order valence-corrected chi connectivity index (χ3v) is 3.43. The topological polar surface area (TPSA) is 53.0 Å². The highest BCUT2D eigenvalue weighted by Crippen LogP contribution is 2.27. The summed E-state index contributed by atoms with van der Waals surface area (Å²) in [5.41, 5.74) is 0.666. The quantitative estimate of drug-likeness (QED) is 0.902. The molecule has 5 nitrogen and oxygen atoms in total. The summed E-state index contributed by atoms with van der Waals surface area (Å²) in [7, 11) is 0.